The normalized spacial score (nSPS) is 16.0. The number of aromatic nitrogens is 1. The van der Waals surface area contributed by atoms with Gasteiger partial charge in [0.05, 0.1) is 20.0 Å². The number of hydrogen-bond donors (Lipinski definition) is 1. The quantitative estimate of drug-likeness (QED) is 0.453. The molecular formula is C24H28N4O5S3. The van der Waals surface area contributed by atoms with E-state index in [2.05, 4.69) is 11.6 Å². The van der Waals surface area contributed by atoms with Gasteiger partial charge in [-0.15, -0.1) is 6.58 Å². The number of amides is 1. The Hall–Kier alpha value is -2.64. The first-order valence-corrected chi connectivity index (χ1v) is 15.3. The van der Waals surface area contributed by atoms with Gasteiger partial charge in [-0.25, -0.2) is 22.0 Å². The highest BCUT2D eigenvalue weighted by atomic mass is 32.2. The van der Waals surface area contributed by atoms with Crippen LogP contribution in [0.1, 0.15) is 42.5 Å². The van der Waals surface area contributed by atoms with Gasteiger partial charge < -0.3 is 4.57 Å². The maximum atomic E-state index is 13.1. The van der Waals surface area contributed by atoms with Crippen molar-refractivity contribution in [3.63, 3.8) is 0 Å². The molecule has 0 spiro atoms. The molecule has 9 nitrogen and oxygen atoms in total. The summed E-state index contributed by atoms with van der Waals surface area (Å²) in [5.74, 6) is -0.546. The van der Waals surface area contributed by atoms with Gasteiger partial charge in [0, 0.05) is 25.2 Å². The summed E-state index contributed by atoms with van der Waals surface area (Å²) in [6, 6.07) is 10.2. The zero-order valence-corrected chi connectivity index (χ0v) is 22.3. The summed E-state index contributed by atoms with van der Waals surface area (Å²) in [5, 5.41) is 5.24. The zero-order chi connectivity index (χ0) is 26.1. The van der Waals surface area contributed by atoms with E-state index in [4.69, 9.17) is 5.14 Å². The zero-order valence-electron chi connectivity index (χ0n) is 19.8. The molecule has 3 aromatic rings. The molecule has 4 rings (SSSR count). The number of carbonyl (C=O) groups excluding carboxylic acids is 1. The van der Waals surface area contributed by atoms with E-state index in [1.807, 2.05) is 0 Å². The number of benzene rings is 2. The van der Waals surface area contributed by atoms with Crippen LogP contribution in [0.25, 0.3) is 10.2 Å². The molecule has 0 bridgehead atoms. The number of hydrogen-bond acceptors (Lipinski definition) is 6. The van der Waals surface area contributed by atoms with E-state index >= 15 is 0 Å². The van der Waals surface area contributed by atoms with Gasteiger partial charge in [-0.3, -0.25) is 4.79 Å². The van der Waals surface area contributed by atoms with E-state index in [1.165, 1.54) is 40.7 Å². The molecular weight excluding hydrogens is 520 g/mol. The molecule has 192 valence electrons. The number of nitrogens with zero attached hydrogens (tertiary/aromatic N) is 3. The number of primary sulfonamides is 1. The van der Waals surface area contributed by atoms with Gasteiger partial charge in [0.1, 0.15) is 0 Å². The van der Waals surface area contributed by atoms with Crippen LogP contribution in [0.3, 0.4) is 0 Å². The van der Waals surface area contributed by atoms with E-state index in [-0.39, 0.29) is 21.4 Å². The second-order valence-corrected chi connectivity index (χ2v) is 13.3. The lowest BCUT2D eigenvalue weighted by molar-refractivity contribution is 0.0997. The van der Waals surface area contributed by atoms with Crippen molar-refractivity contribution in [3.05, 3.63) is 65.5 Å². The maximum absolute atomic E-state index is 13.1. The van der Waals surface area contributed by atoms with E-state index in [1.54, 1.807) is 23.8 Å². The van der Waals surface area contributed by atoms with Gasteiger partial charge in [-0.05, 0) is 55.3 Å². The van der Waals surface area contributed by atoms with Crippen molar-refractivity contribution >= 4 is 47.5 Å². The van der Waals surface area contributed by atoms with Gasteiger partial charge in [-0.2, -0.15) is 9.30 Å². The summed E-state index contributed by atoms with van der Waals surface area (Å²) in [7, 11) is -5.94. The van der Waals surface area contributed by atoms with Gasteiger partial charge in [0.15, 0.2) is 4.80 Å². The average Bonchev–Trinajstić information content (AvgIpc) is 3.20. The molecule has 1 aliphatic rings. The topological polar surface area (TPSA) is 132 Å². The Morgan fingerprint density at radius 2 is 1.75 bits per heavy atom. The number of nitrogens with two attached hydrogens (primary N) is 1. The molecule has 0 saturated heterocycles. The largest absolute Gasteiger partial charge is 0.312 e. The van der Waals surface area contributed by atoms with E-state index in [0.717, 1.165) is 43.4 Å². The smallest absolute Gasteiger partial charge is 0.279 e. The van der Waals surface area contributed by atoms with Crippen molar-refractivity contribution in [3.8, 4) is 0 Å². The highest BCUT2D eigenvalue weighted by Crippen LogP contribution is 2.27. The second kappa shape index (κ2) is 10.4. The Morgan fingerprint density at radius 3 is 2.36 bits per heavy atom. The lowest BCUT2D eigenvalue weighted by Gasteiger charge is -2.30. The number of rotatable bonds is 7. The van der Waals surface area contributed by atoms with Crippen LogP contribution in [-0.4, -0.2) is 44.7 Å². The van der Waals surface area contributed by atoms with E-state index in [0.29, 0.717) is 21.6 Å². The number of carbonyl (C=O) groups is 1. The molecule has 1 saturated carbocycles. The first-order valence-electron chi connectivity index (χ1n) is 11.5. The van der Waals surface area contributed by atoms with Crippen LogP contribution < -0.4 is 9.94 Å². The van der Waals surface area contributed by atoms with Gasteiger partial charge in [0.2, 0.25) is 20.0 Å². The molecule has 1 amide bonds. The molecule has 36 heavy (non-hydrogen) atoms. The Kier molecular flexibility index (Phi) is 7.62. The molecule has 0 unspecified atom stereocenters. The summed E-state index contributed by atoms with van der Waals surface area (Å²) in [5.41, 5.74) is 0.924. The number of fused-ring (bicyclic) bond motifs is 1. The highest BCUT2D eigenvalue weighted by Gasteiger charge is 2.29. The standard InChI is InChI=1S/C24H28N4O5S3/c1-3-15-28-21-14-13-20(35(25,30)31)16-22(21)34-24(28)26-23(29)17-9-11-19(12-10-17)36(32,33)27(2)18-7-5-4-6-8-18/h3,9-14,16,18H,1,4-8,15H2,2H3,(H2,25,30,31). The van der Waals surface area contributed by atoms with Crippen molar-refractivity contribution in [1.82, 2.24) is 8.87 Å². The summed E-state index contributed by atoms with van der Waals surface area (Å²) in [6.07, 6.45) is 6.52. The Morgan fingerprint density at radius 1 is 1.11 bits per heavy atom. The van der Waals surface area contributed by atoms with Crippen LogP contribution in [0.5, 0.6) is 0 Å². The van der Waals surface area contributed by atoms with Gasteiger partial charge >= 0.3 is 0 Å². The Bertz CT molecular complexity index is 1580. The monoisotopic (exact) mass is 548 g/mol. The minimum atomic E-state index is -3.88. The first kappa shape index (κ1) is 26.4. The lowest BCUT2D eigenvalue weighted by atomic mass is 9.96. The van der Waals surface area contributed by atoms with Crippen LogP contribution in [0.4, 0.5) is 0 Å². The Balaban J connectivity index is 1.65. The van der Waals surface area contributed by atoms with Crippen LogP contribution in [0, 0.1) is 0 Å². The maximum Gasteiger partial charge on any atom is 0.279 e. The van der Waals surface area contributed by atoms with Crippen LogP contribution in [0.2, 0.25) is 0 Å². The molecule has 1 aliphatic carbocycles. The third-order valence-corrected chi connectivity index (χ3v) is 10.2. The SMILES string of the molecule is C=CCn1c(=NC(=O)c2ccc(S(=O)(=O)N(C)C3CCCCC3)cc2)sc2cc(S(N)(=O)=O)ccc21. The Labute approximate surface area is 214 Å². The van der Waals surface area contributed by atoms with Crippen molar-refractivity contribution in [1.29, 1.82) is 0 Å². The fraction of sp³-hybridized carbons (Fsp3) is 0.333. The summed E-state index contributed by atoms with van der Waals surface area (Å²) >= 11 is 1.15. The van der Waals surface area contributed by atoms with Gasteiger partial charge in [0.25, 0.3) is 5.91 Å². The molecule has 1 heterocycles. The molecule has 2 aromatic carbocycles. The average molecular weight is 549 g/mol. The van der Waals surface area contributed by atoms with Crippen molar-refractivity contribution in [2.24, 2.45) is 10.1 Å². The fourth-order valence-electron chi connectivity index (χ4n) is 4.35. The van der Waals surface area contributed by atoms with Crippen LogP contribution >= 0.6 is 11.3 Å². The first-order chi connectivity index (χ1) is 17.0. The predicted octanol–water partition coefficient (Wildman–Crippen LogP) is 3.23. The van der Waals surface area contributed by atoms with Crippen molar-refractivity contribution in [2.75, 3.05) is 7.05 Å². The molecule has 1 aromatic heterocycles. The number of allylic oxidation sites excluding steroid dienone is 1. The molecule has 0 atom stereocenters. The highest BCUT2D eigenvalue weighted by molar-refractivity contribution is 7.89. The number of sulfonamides is 2. The predicted molar refractivity (Wildman–Crippen MR) is 140 cm³/mol. The van der Waals surface area contributed by atoms with E-state index < -0.39 is 26.0 Å². The van der Waals surface area contributed by atoms with Crippen molar-refractivity contribution in [2.45, 2.75) is 54.5 Å². The summed E-state index contributed by atoms with van der Waals surface area (Å²) in [6.45, 7) is 4.09. The summed E-state index contributed by atoms with van der Waals surface area (Å²) < 4.78 is 53.4. The minimum absolute atomic E-state index is 0.0110. The van der Waals surface area contributed by atoms with Crippen LogP contribution in [-0.2, 0) is 26.6 Å². The third kappa shape index (κ3) is 5.37. The van der Waals surface area contributed by atoms with E-state index in [9.17, 15) is 21.6 Å². The number of thiazole rings is 1. The summed E-state index contributed by atoms with van der Waals surface area (Å²) in [4.78, 5) is 17.6. The van der Waals surface area contributed by atoms with Crippen molar-refractivity contribution < 1.29 is 21.6 Å². The second-order valence-electron chi connectivity index (χ2n) is 8.71. The molecule has 0 radical (unpaired) electrons. The fourth-order valence-corrected chi connectivity index (χ4v) is 7.46. The third-order valence-electron chi connectivity index (χ3n) is 6.36. The van der Waals surface area contributed by atoms with Crippen LogP contribution in [0.15, 0.2) is 69.9 Å². The molecule has 1 fully saturated rings. The minimum Gasteiger partial charge on any atom is -0.312 e. The van der Waals surface area contributed by atoms with Gasteiger partial charge in [-0.1, -0.05) is 36.7 Å². The lowest BCUT2D eigenvalue weighted by Crippen LogP contribution is -2.38. The molecule has 0 aliphatic heterocycles. The molecule has 12 heteroatoms. The molecule has 2 N–H and O–H groups in total.